The molecule has 0 amide bonds. The van der Waals surface area contributed by atoms with Crippen LogP contribution in [0, 0.1) is 0 Å². The van der Waals surface area contributed by atoms with E-state index < -0.39 is 0 Å². The summed E-state index contributed by atoms with van der Waals surface area (Å²) >= 11 is 5.21. The Balaban J connectivity index is 2.42. The minimum atomic E-state index is 0.793. The third-order valence-corrected chi connectivity index (χ3v) is 3.26. The lowest BCUT2D eigenvalue weighted by atomic mass is 10.2. The van der Waals surface area contributed by atoms with Crippen molar-refractivity contribution >= 4 is 33.4 Å². The van der Waals surface area contributed by atoms with Crippen LogP contribution in [0.2, 0.25) is 0 Å². The van der Waals surface area contributed by atoms with Gasteiger partial charge in [0.15, 0.2) is 0 Å². The van der Waals surface area contributed by atoms with E-state index in [1.807, 2.05) is 23.9 Å². The Bertz CT molecular complexity index is 293. The summed E-state index contributed by atoms with van der Waals surface area (Å²) in [7, 11) is 1.72. The van der Waals surface area contributed by atoms with E-state index in [0.717, 1.165) is 28.3 Å². The number of nitrogens with two attached hydrogens (primary N) is 1. The SMILES string of the molecule is COCCSCc1ccc(Br)cc1N. The van der Waals surface area contributed by atoms with Gasteiger partial charge in [0.25, 0.3) is 0 Å². The molecule has 0 aromatic heterocycles. The van der Waals surface area contributed by atoms with Gasteiger partial charge in [0.2, 0.25) is 0 Å². The maximum absolute atomic E-state index is 5.86. The highest BCUT2D eigenvalue weighted by molar-refractivity contribution is 9.10. The average Bonchev–Trinajstić information content (AvgIpc) is 2.15. The lowest BCUT2D eigenvalue weighted by Gasteiger charge is -2.05. The highest BCUT2D eigenvalue weighted by Gasteiger charge is 1.99. The second-order valence-electron chi connectivity index (χ2n) is 2.89. The first-order chi connectivity index (χ1) is 6.74. The molecule has 1 aromatic carbocycles. The molecule has 0 heterocycles. The van der Waals surface area contributed by atoms with Gasteiger partial charge in [-0.1, -0.05) is 22.0 Å². The quantitative estimate of drug-likeness (QED) is 0.663. The number of hydrogen-bond acceptors (Lipinski definition) is 3. The zero-order valence-electron chi connectivity index (χ0n) is 8.13. The highest BCUT2D eigenvalue weighted by atomic mass is 79.9. The molecule has 0 spiro atoms. The normalized spacial score (nSPS) is 10.4. The van der Waals surface area contributed by atoms with Crippen LogP contribution in [-0.4, -0.2) is 19.5 Å². The van der Waals surface area contributed by atoms with Crippen molar-refractivity contribution in [3.05, 3.63) is 28.2 Å². The summed E-state index contributed by atoms with van der Waals surface area (Å²) in [6.07, 6.45) is 0. The maximum atomic E-state index is 5.86. The number of anilines is 1. The monoisotopic (exact) mass is 275 g/mol. The van der Waals surface area contributed by atoms with Crippen molar-refractivity contribution in [2.75, 3.05) is 25.2 Å². The molecule has 0 fully saturated rings. The van der Waals surface area contributed by atoms with E-state index in [2.05, 4.69) is 22.0 Å². The van der Waals surface area contributed by atoms with Crippen LogP contribution in [0.1, 0.15) is 5.56 Å². The molecule has 1 rings (SSSR count). The molecule has 2 nitrogen and oxygen atoms in total. The molecule has 0 radical (unpaired) electrons. The Morgan fingerprint density at radius 1 is 1.50 bits per heavy atom. The molecule has 0 bridgehead atoms. The average molecular weight is 276 g/mol. The molecule has 0 atom stereocenters. The number of benzene rings is 1. The summed E-state index contributed by atoms with van der Waals surface area (Å²) < 4.78 is 6.00. The van der Waals surface area contributed by atoms with E-state index in [1.54, 1.807) is 7.11 Å². The van der Waals surface area contributed by atoms with E-state index in [0.29, 0.717) is 0 Å². The number of methoxy groups -OCH3 is 1. The Kier molecular flexibility index (Phi) is 5.37. The number of ether oxygens (including phenoxy) is 1. The van der Waals surface area contributed by atoms with Gasteiger partial charge in [-0.25, -0.2) is 0 Å². The summed E-state index contributed by atoms with van der Waals surface area (Å²) in [6, 6.07) is 6.01. The third kappa shape index (κ3) is 3.90. The molecule has 0 saturated heterocycles. The third-order valence-electron chi connectivity index (χ3n) is 1.80. The van der Waals surface area contributed by atoms with Crippen molar-refractivity contribution in [1.29, 1.82) is 0 Å². The van der Waals surface area contributed by atoms with E-state index in [9.17, 15) is 0 Å². The summed E-state index contributed by atoms with van der Waals surface area (Å²) in [5.41, 5.74) is 7.90. The Morgan fingerprint density at radius 2 is 2.29 bits per heavy atom. The molecule has 2 N–H and O–H groups in total. The first-order valence-corrected chi connectivity index (χ1v) is 6.29. The summed E-state index contributed by atoms with van der Waals surface area (Å²) in [5, 5.41) is 0. The standard InChI is InChI=1S/C10H14BrNOS/c1-13-4-5-14-7-8-2-3-9(11)6-10(8)12/h2-3,6H,4-5,7,12H2,1H3. The second-order valence-corrected chi connectivity index (χ2v) is 4.91. The molecule has 4 heteroatoms. The summed E-state index contributed by atoms with van der Waals surface area (Å²) in [5.74, 6) is 1.95. The van der Waals surface area contributed by atoms with Gasteiger partial charge in [0, 0.05) is 28.8 Å². The first kappa shape index (κ1) is 11.9. The van der Waals surface area contributed by atoms with Crippen LogP contribution in [-0.2, 0) is 10.5 Å². The molecule has 0 aliphatic carbocycles. The zero-order chi connectivity index (χ0) is 10.4. The molecule has 14 heavy (non-hydrogen) atoms. The lowest BCUT2D eigenvalue weighted by molar-refractivity contribution is 0.218. The largest absolute Gasteiger partial charge is 0.398 e. The zero-order valence-corrected chi connectivity index (χ0v) is 10.5. The van der Waals surface area contributed by atoms with Crippen molar-refractivity contribution in [3.8, 4) is 0 Å². The molecular weight excluding hydrogens is 262 g/mol. The topological polar surface area (TPSA) is 35.2 Å². The van der Waals surface area contributed by atoms with Crippen molar-refractivity contribution in [2.45, 2.75) is 5.75 Å². The molecule has 1 aromatic rings. The fourth-order valence-corrected chi connectivity index (χ4v) is 2.31. The number of nitrogen functional groups attached to an aromatic ring is 1. The van der Waals surface area contributed by atoms with Crippen LogP contribution >= 0.6 is 27.7 Å². The van der Waals surface area contributed by atoms with Crippen LogP contribution in [0.25, 0.3) is 0 Å². The smallest absolute Gasteiger partial charge is 0.0553 e. The van der Waals surface area contributed by atoms with E-state index in [-0.39, 0.29) is 0 Å². The number of thioether (sulfide) groups is 1. The fraction of sp³-hybridized carbons (Fsp3) is 0.400. The van der Waals surface area contributed by atoms with Gasteiger partial charge in [0.1, 0.15) is 0 Å². The minimum absolute atomic E-state index is 0.793. The first-order valence-electron chi connectivity index (χ1n) is 4.34. The van der Waals surface area contributed by atoms with E-state index >= 15 is 0 Å². The van der Waals surface area contributed by atoms with Crippen molar-refractivity contribution < 1.29 is 4.74 Å². The molecular formula is C10H14BrNOS. The molecule has 0 saturated carbocycles. The summed E-state index contributed by atoms with van der Waals surface area (Å²) in [6.45, 7) is 0.793. The molecule has 78 valence electrons. The predicted octanol–water partition coefficient (Wildman–Crippen LogP) is 2.91. The van der Waals surface area contributed by atoms with E-state index in [4.69, 9.17) is 10.5 Å². The van der Waals surface area contributed by atoms with Gasteiger partial charge in [-0.3, -0.25) is 0 Å². The molecule has 0 aliphatic rings. The van der Waals surface area contributed by atoms with E-state index in [1.165, 1.54) is 5.56 Å². The predicted molar refractivity (Wildman–Crippen MR) is 66.6 cm³/mol. The van der Waals surface area contributed by atoms with Gasteiger partial charge < -0.3 is 10.5 Å². The Labute approximate surface area is 97.3 Å². The van der Waals surface area contributed by atoms with Crippen LogP contribution in [0.15, 0.2) is 22.7 Å². The van der Waals surface area contributed by atoms with Gasteiger partial charge in [-0.2, -0.15) is 11.8 Å². The van der Waals surface area contributed by atoms with Gasteiger partial charge in [-0.05, 0) is 17.7 Å². The highest BCUT2D eigenvalue weighted by Crippen LogP contribution is 2.22. The van der Waals surface area contributed by atoms with Crippen LogP contribution in [0.4, 0.5) is 5.69 Å². The van der Waals surface area contributed by atoms with Gasteiger partial charge >= 0.3 is 0 Å². The number of hydrogen-bond donors (Lipinski definition) is 1. The fourth-order valence-electron chi connectivity index (χ4n) is 1.02. The van der Waals surface area contributed by atoms with Gasteiger partial charge in [0.05, 0.1) is 6.61 Å². The minimum Gasteiger partial charge on any atom is -0.398 e. The number of halogens is 1. The second kappa shape index (κ2) is 6.32. The van der Waals surface area contributed by atoms with Crippen LogP contribution in [0.5, 0.6) is 0 Å². The Morgan fingerprint density at radius 3 is 2.93 bits per heavy atom. The summed E-state index contributed by atoms with van der Waals surface area (Å²) in [4.78, 5) is 0. The lowest BCUT2D eigenvalue weighted by Crippen LogP contribution is -1.95. The van der Waals surface area contributed by atoms with Crippen molar-refractivity contribution in [1.82, 2.24) is 0 Å². The maximum Gasteiger partial charge on any atom is 0.0553 e. The van der Waals surface area contributed by atoms with Crippen molar-refractivity contribution in [3.63, 3.8) is 0 Å². The molecule has 0 aliphatic heterocycles. The molecule has 0 unspecified atom stereocenters. The van der Waals surface area contributed by atoms with Crippen LogP contribution < -0.4 is 5.73 Å². The van der Waals surface area contributed by atoms with Crippen LogP contribution in [0.3, 0.4) is 0 Å². The Hall–Kier alpha value is -0.190. The number of rotatable bonds is 5. The van der Waals surface area contributed by atoms with Gasteiger partial charge in [-0.15, -0.1) is 0 Å². The van der Waals surface area contributed by atoms with Crippen molar-refractivity contribution in [2.24, 2.45) is 0 Å².